The van der Waals surface area contributed by atoms with Gasteiger partial charge in [0.25, 0.3) is 0 Å². The van der Waals surface area contributed by atoms with Crippen molar-refractivity contribution in [2.24, 2.45) is 7.05 Å². The summed E-state index contributed by atoms with van der Waals surface area (Å²) in [5, 5.41) is 21.4. The highest BCUT2D eigenvalue weighted by Crippen LogP contribution is 2.31. The first-order valence-electron chi connectivity index (χ1n) is 9.94. The zero-order valence-electron chi connectivity index (χ0n) is 17.0. The molecule has 0 atom stereocenters. The third-order valence-electron chi connectivity index (χ3n) is 5.35. The SMILES string of the molecule is Cn1cc(-c2ccc3[nH]nc(-c4nc5c(-c6ccncc6)cncc5[nH]4)c3n2)c(CO)n1. The number of nitrogens with zero attached hydrogens (tertiary/aromatic N) is 7. The van der Waals surface area contributed by atoms with Crippen LogP contribution in [-0.2, 0) is 13.7 Å². The summed E-state index contributed by atoms with van der Waals surface area (Å²) < 4.78 is 1.66. The molecule has 0 aliphatic carbocycles. The first-order valence-corrected chi connectivity index (χ1v) is 9.94. The number of aliphatic hydroxyl groups excluding tert-OH is 1. The molecular weight excluding hydrogens is 406 g/mol. The number of hydrogen-bond donors (Lipinski definition) is 3. The van der Waals surface area contributed by atoms with E-state index in [9.17, 15) is 5.11 Å². The second-order valence-electron chi connectivity index (χ2n) is 7.39. The molecule has 10 heteroatoms. The Hall–Kier alpha value is -4.44. The number of pyridine rings is 3. The van der Waals surface area contributed by atoms with Gasteiger partial charge in [0.05, 0.1) is 40.7 Å². The molecule has 0 saturated heterocycles. The number of aromatic amines is 2. The highest BCUT2D eigenvalue weighted by molar-refractivity contribution is 5.95. The van der Waals surface area contributed by atoms with Gasteiger partial charge >= 0.3 is 0 Å². The molecule has 10 nitrogen and oxygen atoms in total. The second kappa shape index (κ2) is 7.06. The average molecular weight is 423 g/mol. The lowest BCUT2D eigenvalue weighted by atomic mass is 10.1. The lowest BCUT2D eigenvalue weighted by Crippen LogP contribution is -1.91. The quantitative estimate of drug-likeness (QED) is 0.397. The summed E-state index contributed by atoms with van der Waals surface area (Å²) in [6, 6.07) is 7.64. The molecule has 0 aliphatic rings. The minimum atomic E-state index is -0.164. The summed E-state index contributed by atoms with van der Waals surface area (Å²) in [6.07, 6.45) is 8.86. The zero-order valence-corrected chi connectivity index (χ0v) is 17.0. The highest BCUT2D eigenvalue weighted by atomic mass is 16.3. The molecule has 0 saturated carbocycles. The van der Waals surface area contributed by atoms with E-state index in [2.05, 4.69) is 30.2 Å². The van der Waals surface area contributed by atoms with Crippen molar-refractivity contribution in [3.05, 3.63) is 60.9 Å². The molecule has 0 amide bonds. The number of aryl methyl sites for hydroxylation is 1. The van der Waals surface area contributed by atoms with E-state index in [0.29, 0.717) is 28.4 Å². The number of H-pyrrole nitrogens is 2. The van der Waals surface area contributed by atoms with Crippen molar-refractivity contribution in [2.45, 2.75) is 6.61 Å². The molecule has 3 N–H and O–H groups in total. The molecule has 0 aliphatic heterocycles. The lowest BCUT2D eigenvalue weighted by Gasteiger charge is -2.00. The normalized spacial score (nSPS) is 11.6. The Morgan fingerprint density at radius 1 is 0.938 bits per heavy atom. The summed E-state index contributed by atoms with van der Waals surface area (Å²) in [7, 11) is 1.81. The monoisotopic (exact) mass is 423 g/mol. The van der Waals surface area contributed by atoms with Crippen LogP contribution in [0.15, 0.2) is 55.2 Å². The summed E-state index contributed by atoms with van der Waals surface area (Å²) >= 11 is 0. The summed E-state index contributed by atoms with van der Waals surface area (Å²) in [4.78, 5) is 21.4. The Labute approximate surface area is 181 Å². The summed E-state index contributed by atoms with van der Waals surface area (Å²) in [6.45, 7) is -0.164. The fourth-order valence-electron chi connectivity index (χ4n) is 3.87. The first kappa shape index (κ1) is 18.3. The van der Waals surface area contributed by atoms with Gasteiger partial charge in [0.1, 0.15) is 5.52 Å². The van der Waals surface area contributed by atoms with Gasteiger partial charge in [0.2, 0.25) is 0 Å². The fraction of sp³-hybridized carbons (Fsp3) is 0.0909. The van der Waals surface area contributed by atoms with E-state index in [1.807, 2.05) is 37.5 Å². The number of rotatable bonds is 4. The van der Waals surface area contributed by atoms with Crippen LogP contribution in [0.3, 0.4) is 0 Å². The van der Waals surface area contributed by atoms with Gasteiger partial charge in [-0.2, -0.15) is 10.2 Å². The van der Waals surface area contributed by atoms with Crippen LogP contribution >= 0.6 is 0 Å². The van der Waals surface area contributed by atoms with Gasteiger partial charge in [-0.3, -0.25) is 19.7 Å². The third-order valence-corrected chi connectivity index (χ3v) is 5.35. The molecular formula is C22H17N9O. The molecule has 0 aromatic carbocycles. The van der Waals surface area contributed by atoms with Crippen molar-refractivity contribution < 1.29 is 5.11 Å². The maximum atomic E-state index is 9.65. The standard InChI is InChI=1S/C22H17N9O/c1-31-10-14(18(11-32)30-31)15-2-3-16-20(25-15)21(29-28-16)22-26-17-9-24-8-13(19(17)27-22)12-4-6-23-7-5-12/h2-10,32H,11H2,1H3,(H,26,27)(H,28,29). The van der Waals surface area contributed by atoms with Gasteiger partial charge in [-0.1, -0.05) is 0 Å². The van der Waals surface area contributed by atoms with Gasteiger partial charge in [0.15, 0.2) is 11.5 Å². The molecule has 0 spiro atoms. The van der Waals surface area contributed by atoms with Crippen molar-refractivity contribution in [1.29, 1.82) is 0 Å². The molecule has 6 aromatic heterocycles. The number of fused-ring (bicyclic) bond motifs is 2. The van der Waals surface area contributed by atoms with E-state index in [1.54, 1.807) is 29.5 Å². The van der Waals surface area contributed by atoms with Crippen LogP contribution in [0.1, 0.15) is 5.69 Å². The van der Waals surface area contributed by atoms with Crippen molar-refractivity contribution in [2.75, 3.05) is 0 Å². The van der Waals surface area contributed by atoms with E-state index >= 15 is 0 Å². The lowest BCUT2D eigenvalue weighted by molar-refractivity contribution is 0.276. The minimum Gasteiger partial charge on any atom is -0.390 e. The number of imidazole rings is 1. The summed E-state index contributed by atoms with van der Waals surface area (Å²) in [5.41, 5.74) is 7.60. The third kappa shape index (κ3) is 2.85. The Morgan fingerprint density at radius 3 is 2.66 bits per heavy atom. The maximum Gasteiger partial charge on any atom is 0.161 e. The van der Waals surface area contributed by atoms with E-state index in [4.69, 9.17) is 9.97 Å². The Kier molecular flexibility index (Phi) is 4.05. The van der Waals surface area contributed by atoms with Crippen LogP contribution in [0.2, 0.25) is 0 Å². The van der Waals surface area contributed by atoms with Crippen molar-refractivity contribution >= 4 is 22.1 Å². The fourth-order valence-corrected chi connectivity index (χ4v) is 3.87. The van der Waals surface area contributed by atoms with E-state index in [1.165, 1.54) is 0 Å². The average Bonchev–Trinajstić information content (AvgIpc) is 3.54. The molecule has 0 bridgehead atoms. The van der Waals surface area contributed by atoms with E-state index < -0.39 is 0 Å². The van der Waals surface area contributed by atoms with Crippen molar-refractivity contribution in [3.63, 3.8) is 0 Å². The largest absolute Gasteiger partial charge is 0.390 e. The van der Waals surface area contributed by atoms with Gasteiger partial charge in [-0.25, -0.2) is 9.97 Å². The van der Waals surface area contributed by atoms with Crippen LogP contribution in [-0.4, -0.2) is 50.0 Å². The summed E-state index contributed by atoms with van der Waals surface area (Å²) in [5.74, 6) is 0.591. The van der Waals surface area contributed by atoms with Crippen LogP contribution in [0.4, 0.5) is 0 Å². The van der Waals surface area contributed by atoms with E-state index in [-0.39, 0.29) is 6.61 Å². The Bertz CT molecular complexity index is 1580. The molecule has 0 fully saturated rings. The van der Waals surface area contributed by atoms with Crippen molar-refractivity contribution in [3.8, 4) is 33.9 Å². The molecule has 6 heterocycles. The van der Waals surface area contributed by atoms with Gasteiger partial charge in [-0.05, 0) is 29.8 Å². The van der Waals surface area contributed by atoms with Crippen molar-refractivity contribution in [1.82, 2.24) is 44.9 Å². The molecule has 156 valence electrons. The molecule has 6 rings (SSSR count). The number of aliphatic hydroxyl groups is 1. The van der Waals surface area contributed by atoms with Gasteiger partial charge in [0, 0.05) is 43.0 Å². The Morgan fingerprint density at radius 2 is 1.81 bits per heavy atom. The molecule has 32 heavy (non-hydrogen) atoms. The van der Waals surface area contributed by atoms with E-state index in [0.717, 1.165) is 33.2 Å². The minimum absolute atomic E-state index is 0.164. The van der Waals surface area contributed by atoms with Crippen LogP contribution in [0.25, 0.3) is 56.0 Å². The molecule has 0 radical (unpaired) electrons. The predicted molar refractivity (Wildman–Crippen MR) is 118 cm³/mol. The topological polar surface area (TPSA) is 134 Å². The predicted octanol–water partition coefficient (Wildman–Crippen LogP) is 2.85. The first-order chi connectivity index (χ1) is 15.7. The molecule has 6 aromatic rings. The maximum absolute atomic E-state index is 9.65. The number of nitrogens with one attached hydrogen (secondary N) is 2. The Balaban J connectivity index is 1.51. The van der Waals surface area contributed by atoms with Crippen LogP contribution in [0.5, 0.6) is 0 Å². The van der Waals surface area contributed by atoms with Crippen LogP contribution in [0, 0.1) is 0 Å². The highest BCUT2D eigenvalue weighted by Gasteiger charge is 2.18. The van der Waals surface area contributed by atoms with Crippen LogP contribution < -0.4 is 0 Å². The molecule has 0 unspecified atom stereocenters. The second-order valence-corrected chi connectivity index (χ2v) is 7.39. The number of hydrogen-bond acceptors (Lipinski definition) is 7. The smallest absolute Gasteiger partial charge is 0.161 e. The number of aromatic nitrogens is 9. The van der Waals surface area contributed by atoms with Gasteiger partial charge in [-0.15, -0.1) is 0 Å². The zero-order chi connectivity index (χ0) is 21.7. The van der Waals surface area contributed by atoms with Gasteiger partial charge < -0.3 is 10.1 Å².